The summed E-state index contributed by atoms with van der Waals surface area (Å²) >= 11 is 1.69. The number of thiazole rings is 1. The second-order valence-corrected chi connectivity index (χ2v) is 4.96. The van der Waals surface area contributed by atoms with Crippen molar-refractivity contribution in [3.05, 3.63) is 28.3 Å². The molecule has 0 aliphatic carbocycles. The molecule has 5 nitrogen and oxygen atoms in total. The van der Waals surface area contributed by atoms with Crippen LogP contribution in [0.1, 0.15) is 22.9 Å². The van der Waals surface area contributed by atoms with Crippen molar-refractivity contribution < 1.29 is 0 Å². The maximum Gasteiger partial charge on any atom is 0.224 e. The molecular weight excluding hydrogens is 234 g/mol. The zero-order valence-corrected chi connectivity index (χ0v) is 10.9. The highest BCUT2D eigenvalue weighted by Crippen LogP contribution is 2.22. The minimum Gasteiger partial charge on any atom is -0.361 e. The molecule has 17 heavy (non-hydrogen) atoms. The molecule has 2 heterocycles. The molecular formula is C11H15N5S. The summed E-state index contributed by atoms with van der Waals surface area (Å²) in [4.78, 5) is 13.9. The first-order valence-corrected chi connectivity index (χ1v) is 6.20. The minimum absolute atomic E-state index is 0.147. The quantitative estimate of drug-likeness (QED) is 0.871. The van der Waals surface area contributed by atoms with Crippen LogP contribution in [0.2, 0.25) is 0 Å². The van der Waals surface area contributed by atoms with Crippen LogP contribution >= 0.6 is 11.3 Å². The van der Waals surface area contributed by atoms with Gasteiger partial charge in [-0.05, 0) is 19.9 Å². The predicted molar refractivity (Wildman–Crippen MR) is 70.5 cm³/mol. The number of nitrogens with one attached hydrogen (secondary N) is 2. The fourth-order valence-corrected chi connectivity index (χ4v) is 2.19. The first-order chi connectivity index (χ1) is 8.19. The zero-order valence-electron chi connectivity index (χ0n) is 10.1. The number of hydrogen-bond acceptors (Lipinski definition) is 6. The van der Waals surface area contributed by atoms with Gasteiger partial charge in [0.05, 0.1) is 6.04 Å². The van der Waals surface area contributed by atoms with Crippen LogP contribution in [0.3, 0.4) is 0 Å². The molecule has 2 aromatic rings. The molecule has 0 saturated carbocycles. The van der Waals surface area contributed by atoms with Crippen LogP contribution in [0.4, 0.5) is 11.8 Å². The van der Waals surface area contributed by atoms with Gasteiger partial charge in [0.15, 0.2) is 0 Å². The Morgan fingerprint density at radius 1 is 1.35 bits per heavy atom. The predicted octanol–water partition coefficient (Wildman–Crippen LogP) is 2.46. The molecule has 1 unspecified atom stereocenters. The Hall–Kier alpha value is -1.69. The van der Waals surface area contributed by atoms with Gasteiger partial charge in [-0.1, -0.05) is 0 Å². The van der Waals surface area contributed by atoms with E-state index in [4.69, 9.17) is 0 Å². The summed E-state index contributed by atoms with van der Waals surface area (Å²) < 4.78 is 0. The molecule has 6 heteroatoms. The molecule has 0 bridgehead atoms. The maximum absolute atomic E-state index is 4.35. The van der Waals surface area contributed by atoms with Crippen LogP contribution in [-0.2, 0) is 0 Å². The van der Waals surface area contributed by atoms with Crippen molar-refractivity contribution in [1.82, 2.24) is 15.0 Å². The molecule has 0 fully saturated rings. The van der Waals surface area contributed by atoms with E-state index in [1.165, 1.54) is 4.88 Å². The van der Waals surface area contributed by atoms with Crippen molar-refractivity contribution in [1.29, 1.82) is 0 Å². The lowest BCUT2D eigenvalue weighted by Crippen LogP contribution is -2.08. The summed E-state index contributed by atoms with van der Waals surface area (Å²) in [7, 11) is 1.80. The van der Waals surface area contributed by atoms with Gasteiger partial charge in [0.25, 0.3) is 0 Å². The Morgan fingerprint density at radius 3 is 2.82 bits per heavy atom. The molecule has 0 aliphatic heterocycles. The highest BCUT2D eigenvalue weighted by atomic mass is 32.1. The van der Waals surface area contributed by atoms with E-state index in [9.17, 15) is 0 Å². The molecule has 0 amide bonds. The van der Waals surface area contributed by atoms with Crippen molar-refractivity contribution in [2.45, 2.75) is 19.9 Å². The van der Waals surface area contributed by atoms with Crippen molar-refractivity contribution in [3.63, 3.8) is 0 Å². The minimum atomic E-state index is 0.147. The molecule has 2 rings (SSSR count). The summed E-state index contributed by atoms with van der Waals surface area (Å²) in [5.41, 5.74) is 0. The lowest BCUT2D eigenvalue weighted by molar-refractivity contribution is 0.859. The van der Waals surface area contributed by atoms with Gasteiger partial charge in [-0.25, -0.2) is 9.97 Å². The number of nitrogens with zero attached hydrogens (tertiary/aromatic N) is 3. The van der Waals surface area contributed by atoms with Gasteiger partial charge in [-0.15, -0.1) is 11.3 Å². The topological polar surface area (TPSA) is 62.7 Å². The lowest BCUT2D eigenvalue weighted by Gasteiger charge is -2.12. The molecule has 0 radical (unpaired) electrons. The van der Waals surface area contributed by atoms with E-state index in [1.807, 2.05) is 12.3 Å². The lowest BCUT2D eigenvalue weighted by atomic mass is 10.3. The number of aromatic nitrogens is 3. The largest absolute Gasteiger partial charge is 0.361 e. The summed E-state index contributed by atoms with van der Waals surface area (Å²) in [6, 6.07) is 1.99. The third-order valence-electron chi connectivity index (χ3n) is 2.25. The second-order valence-electron chi connectivity index (χ2n) is 3.69. The van der Waals surface area contributed by atoms with Gasteiger partial charge in [-0.3, -0.25) is 0 Å². The van der Waals surface area contributed by atoms with Crippen molar-refractivity contribution in [2.75, 3.05) is 17.7 Å². The van der Waals surface area contributed by atoms with Gasteiger partial charge in [-0.2, -0.15) is 4.98 Å². The standard InChI is InChI=1S/C11H15N5S/c1-7-6-14-10(17-7)8(2)15-9-4-5-13-11(12-3)16-9/h4-6,8H,1-3H3,(H2,12,13,15,16). The Morgan fingerprint density at radius 2 is 2.18 bits per heavy atom. The Balaban J connectivity index is 2.09. The average Bonchev–Trinajstić information content (AvgIpc) is 2.76. The first-order valence-electron chi connectivity index (χ1n) is 5.38. The van der Waals surface area contributed by atoms with Gasteiger partial charge in [0.2, 0.25) is 5.95 Å². The van der Waals surface area contributed by atoms with E-state index in [-0.39, 0.29) is 6.04 Å². The Kier molecular flexibility index (Phi) is 3.53. The van der Waals surface area contributed by atoms with Crippen molar-refractivity contribution in [3.8, 4) is 0 Å². The summed E-state index contributed by atoms with van der Waals surface area (Å²) in [6.45, 7) is 4.12. The number of rotatable bonds is 4. The maximum atomic E-state index is 4.35. The van der Waals surface area contributed by atoms with Crippen LogP contribution in [0.5, 0.6) is 0 Å². The molecule has 90 valence electrons. The molecule has 0 aromatic carbocycles. The van der Waals surface area contributed by atoms with Crippen molar-refractivity contribution in [2.24, 2.45) is 0 Å². The van der Waals surface area contributed by atoms with E-state index in [2.05, 4.69) is 39.4 Å². The zero-order chi connectivity index (χ0) is 12.3. The van der Waals surface area contributed by atoms with E-state index >= 15 is 0 Å². The van der Waals surface area contributed by atoms with Gasteiger partial charge < -0.3 is 10.6 Å². The molecule has 0 spiro atoms. The smallest absolute Gasteiger partial charge is 0.224 e. The Labute approximate surface area is 104 Å². The fourth-order valence-electron chi connectivity index (χ4n) is 1.42. The molecule has 2 aromatic heterocycles. The van der Waals surface area contributed by atoms with E-state index in [0.29, 0.717) is 5.95 Å². The van der Waals surface area contributed by atoms with Crippen LogP contribution in [0, 0.1) is 6.92 Å². The van der Waals surface area contributed by atoms with E-state index < -0.39 is 0 Å². The van der Waals surface area contributed by atoms with Crippen LogP contribution in [-0.4, -0.2) is 22.0 Å². The van der Waals surface area contributed by atoms with Gasteiger partial charge in [0.1, 0.15) is 10.8 Å². The number of hydrogen-bond donors (Lipinski definition) is 2. The van der Waals surface area contributed by atoms with E-state index in [0.717, 1.165) is 10.8 Å². The molecule has 0 saturated heterocycles. The Bertz CT molecular complexity index is 496. The SMILES string of the molecule is CNc1nccc(NC(C)c2ncc(C)s2)n1. The number of aryl methyl sites for hydroxylation is 1. The van der Waals surface area contributed by atoms with Gasteiger partial charge in [0, 0.05) is 24.3 Å². The summed E-state index contributed by atoms with van der Waals surface area (Å²) in [5.74, 6) is 1.40. The monoisotopic (exact) mass is 249 g/mol. The molecule has 1 atom stereocenters. The van der Waals surface area contributed by atoms with E-state index in [1.54, 1.807) is 24.6 Å². The van der Waals surface area contributed by atoms with Crippen molar-refractivity contribution >= 4 is 23.1 Å². The van der Waals surface area contributed by atoms with Crippen LogP contribution < -0.4 is 10.6 Å². The molecule has 2 N–H and O–H groups in total. The second kappa shape index (κ2) is 5.09. The number of anilines is 2. The fraction of sp³-hybridized carbons (Fsp3) is 0.364. The highest BCUT2D eigenvalue weighted by molar-refractivity contribution is 7.11. The third-order valence-corrected chi connectivity index (χ3v) is 3.35. The van der Waals surface area contributed by atoms with Crippen LogP contribution in [0.25, 0.3) is 0 Å². The normalized spacial score (nSPS) is 12.2. The first kappa shape index (κ1) is 11.8. The third kappa shape index (κ3) is 2.91. The summed E-state index contributed by atoms with van der Waals surface area (Å²) in [6.07, 6.45) is 3.61. The average molecular weight is 249 g/mol. The van der Waals surface area contributed by atoms with Crippen LogP contribution in [0.15, 0.2) is 18.5 Å². The highest BCUT2D eigenvalue weighted by Gasteiger charge is 2.10. The van der Waals surface area contributed by atoms with Gasteiger partial charge >= 0.3 is 0 Å². The molecule has 0 aliphatic rings. The summed E-state index contributed by atoms with van der Waals surface area (Å²) in [5, 5.41) is 7.27.